The Hall–Kier alpha value is -1.54. The minimum absolute atomic E-state index is 0.0251. The number of benzene rings is 1. The molecule has 8 heteroatoms. The second-order valence-electron chi connectivity index (χ2n) is 3.53. The predicted octanol–water partition coefficient (Wildman–Crippen LogP) is 0.258. The predicted molar refractivity (Wildman–Crippen MR) is 60.5 cm³/mol. The first-order valence-corrected chi connectivity index (χ1v) is 6.53. The summed E-state index contributed by atoms with van der Waals surface area (Å²) < 4.78 is 45.6. The van der Waals surface area contributed by atoms with Crippen LogP contribution in [0.25, 0.3) is 0 Å². The third kappa shape index (κ3) is 4.38. The summed E-state index contributed by atoms with van der Waals surface area (Å²) in [6.45, 7) is 0.0535. The van der Waals surface area contributed by atoms with Crippen molar-refractivity contribution in [3.05, 3.63) is 29.8 Å². The molecular formula is C10H12F2N2O3S. The van der Waals surface area contributed by atoms with Crippen LogP contribution in [-0.2, 0) is 21.2 Å². The van der Waals surface area contributed by atoms with Gasteiger partial charge in [-0.2, -0.15) is 8.78 Å². The van der Waals surface area contributed by atoms with E-state index in [4.69, 9.17) is 5.14 Å². The van der Waals surface area contributed by atoms with Gasteiger partial charge in [0.05, 0.1) is 4.90 Å². The molecule has 0 aliphatic heterocycles. The average molecular weight is 278 g/mol. The maximum absolute atomic E-state index is 11.8. The first-order chi connectivity index (χ1) is 8.30. The number of hydrogen-bond acceptors (Lipinski definition) is 3. The molecule has 1 aromatic rings. The van der Waals surface area contributed by atoms with Gasteiger partial charge >= 0.3 is 6.43 Å². The summed E-state index contributed by atoms with van der Waals surface area (Å²) in [7, 11) is -3.73. The quantitative estimate of drug-likeness (QED) is 0.809. The van der Waals surface area contributed by atoms with Crippen molar-refractivity contribution in [2.24, 2.45) is 5.14 Å². The number of sulfonamides is 1. The summed E-state index contributed by atoms with van der Waals surface area (Å²) in [4.78, 5) is 10.5. The molecule has 1 amide bonds. The van der Waals surface area contributed by atoms with Crippen LogP contribution in [0.3, 0.4) is 0 Å². The van der Waals surface area contributed by atoms with Gasteiger partial charge in [-0.15, -0.1) is 0 Å². The van der Waals surface area contributed by atoms with E-state index >= 15 is 0 Å². The number of alkyl halides is 2. The van der Waals surface area contributed by atoms with Crippen LogP contribution in [0.5, 0.6) is 0 Å². The number of carbonyl (C=O) groups excluding carboxylic acids is 1. The molecule has 5 nitrogen and oxygen atoms in total. The summed E-state index contributed by atoms with van der Waals surface area (Å²) in [6.07, 6.45) is -2.71. The van der Waals surface area contributed by atoms with Crippen LogP contribution in [0.4, 0.5) is 8.78 Å². The number of nitrogens with two attached hydrogens (primary N) is 1. The van der Waals surface area contributed by atoms with Gasteiger partial charge in [-0.25, -0.2) is 13.6 Å². The standard InChI is InChI=1S/C10H12F2N2O3S/c11-9(12)10(15)14-6-5-7-1-3-8(4-2-7)18(13,16)17/h1-4,9H,5-6H2,(H,14,15)(H2,13,16,17). The number of hydrogen-bond donors (Lipinski definition) is 2. The lowest BCUT2D eigenvalue weighted by atomic mass is 10.1. The Morgan fingerprint density at radius 3 is 2.28 bits per heavy atom. The van der Waals surface area contributed by atoms with Gasteiger partial charge in [-0.3, -0.25) is 4.79 Å². The highest BCUT2D eigenvalue weighted by Crippen LogP contribution is 2.08. The molecule has 0 heterocycles. The van der Waals surface area contributed by atoms with Crippen molar-refractivity contribution < 1.29 is 22.0 Å². The molecule has 0 aliphatic rings. The Kier molecular flexibility index (Phi) is 4.74. The summed E-state index contributed by atoms with van der Waals surface area (Å²) in [5, 5.41) is 6.96. The molecule has 0 saturated carbocycles. The normalized spacial score (nSPS) is 11.6. The van der Waals surface area contributed by atoms with Crippen LogP contribution in [0.2, 0.25) is 0 Å². The first-order valence-electron chi connectivity index (χ1n) is 4.98. The number of halogens is 2. The van der Waals surface area contributed by atoms with E-state index in [0.29, 0.717) is 12.0 Å². The summed E-state index contributed by atoms with van der Waals surface area (Å²) in [6, 6.07) is 5.65. The summed E-state index contributed by atoms with van der Waals surface area (Å²) in [5.74, 6) is -1.32. The van der Waals surface area contributed by atoms with E-state index in [1.165, 1.54) is 24.3 Å². The maximum atomic E-state index is 11.8. The Bertz CT molecular complexity index is 514. The van der Waals surface area contributed by atoms with Gasteiger partial charge in [0.1, 0.15) is 0 Å². The van der Waals surface area contributed by atoms with Crippen molar-refractivity contribution in [3.63, 3.8) is 0 Å². The van der Waals surface area contributed by atoms with E-state index in [1.54, 1.807) is 0 Å². The fourth-order valence-electron chi connectivity index (χ4n) is 1.25. The highest BCUT2D eigenvalue weighted by Gasteiger charge is 2.13. The summed E-state index contributed by atoms with van der Waals surface area (Å²) >= 11 is 0. The monoisotopic (exact) mass is 278 g/mol. The molecule has 0 bridgehead atoms. The van der Waals surface area contributed by atoms with Gasteiger partial charge in [0.15, 0.2) is 0 Å². The third-order valence-electron chi connectivity index (χ3n) is 2.16. The summed E-state index contributed by atoms with van der Waals surface area (Å²) in [5.41, 5.74) is 0.706. The topological polar surface area (TPSA) is 89.3 Å². The van der Waals surface area contributed by atoms with Gasteiger partial charge < -0.3 is 5.32 Å². The van der Waals surface area contributed by atoms with Crippen LogP contribution in [-0.4, -0.2) is 27.3 Å². The second-order valence-corrected chi connectivity index (χ2v) is 5.09. The van der Waals surface area contributed by atoms with E-state index in [-0.39, 0.29) is 11.4 Å². The zero-order valence-electron chi connectivity index (χ0n) is 9.27. The Morgan fingerprint density at radius 1 is 1.28 bits per heavy atom. The zero-order chi connectivity index (χ0) is 13.8. The van der Waals surface area contributed by atoms with Gasteiger partial charge in [0, 0.05) is 6.54 Å². The Morgan fingerprint density at radius 2 is 1.83 bits per heavy atom. The van der Waals surface area contributed by atoms with Crippen molar-refractivity contribution in [1.29, 1.82) is 0 Å². The molecular weight excluding hydrogens is 266 g/mol. The SMILES string of the molecule is NS(=O)(=O)c1ccc(CCNC(=O)C(F)F)cc1. The fourth-order valence-corrected chi connectivity index (χ4v) is 1.77. The molecule has 0 unspecified atom stereocenters. The molecule has 3 N–H and O–H groups in total. The number of nitrogens with one attached hydrogen (secondary N) is 1. The highest BCUT2D eigenvalue weighted by atomic mass is 32.2. The van der Waals surface area contributed by atoms with E-state index < -0.39 is 22.4 Å². The molecule has 100 valence electrons. The average Bonchev–Trinajstić information content (AvgIpc) is 2.28. The van der Waals surface area contributed by atoms with Gasteiger partial charge in [0.2, 0.25) is 10.0 Å². The Labute approximate surface area is 103 Å². The van der Waals surface area contributed by atoms with Crippen LogP contribution >= 0.6 is 0 Å². The van der Waals surface area contributed by atoms with E-state index in [1.807, 2.05) is 5.32 Å². The van der Waals surface area contributed by atoms with Crippen LogP contribution < -0.4 is 10.5 Å². The number of carbonyl (C=O) groups is 1. The lowest BCUT2D eigenvalue weighted by Crippen LogP contribution is -2.31. The molecule has 18 heavy (non-hydrogen) atoms. The molecule has 1 aromatic carbocycles. The van der Waals surface area contributed by atoms with Gasteiger partial charge in [-0.1, -0.05) is 12.1 Å². The molecule has 0 atom stereocenters. The van der Waals surface area contributed by atoms with Gasteiger partial charge in [0.25, 0.3) is 5.91 Å². The van der Waals surface area contributed by atoms with Gasteiger partial charge in [-0.05, 0) is 24.1 Å². The van der Waals surface area contributed by atoms with Crippen molar-refractivity contribution in [2.75, 3.05) is 6.54 Å². The molecule has 0 radical (unpaired) electrons. The lowest BCUT2D eigenvalue weighted by molar-refractivity contribution is -0.131. The second kappa shape index (κ2) is 5.87. The van der Waals surface area contributed by atoms with E-state index in [9.17, 15) is 22.0 Å². The molecule has 0 fully saturated rings. The van der Waals surface area contributed by atoms with Crippen LogP contribution in [0.15, 0.2) is 29.2 Å². The van der Waals surface area contributed by atoms with Crippen LogP contribution in [0, 0.1) is 0 Å². The van der Waals surface area contributed by atoms with E-state index in [0.717, 1.165) is 0 Å². The lowest BCUT2D eigenvalue weighted by Gasteiger charge is -2.05. The number of rotatable bonds is 5. The fraction of sp³-hybridized carbons (Fsp3) is 0.300. The first kappa shape index (κ1) is 14.5. The van der Waals surface area contributed by atoms with Crippen molar-refractivity contribution >= 4 is 15.9 Å². The van der Waals surface area contributed by atoms with Crippen LogP contribution in [0.1, 0.15) is 5.56 Å². The number of primary sulfonamides is 1. The van der Waals surface area contributed by atoms with E-state index in [2.05, 4.69) is 0 Å². The smallest absolute Gasteiger partial charge is 0.315 e. The molecule has 0 saturated heterocycles. The van der Waals surface area contributed by atoms with Crippen molar-refractivity contribution in [2.45, 2.75) is 17.7 Å². The number of amides is 1. The minimum atomic E-state index is -3.73. The molecule has 0 aromatic heterocycles. The molecule has 0 aliphatic carbocycles. The third-order valence-corrected chi connectivity index (χ3v) is 3.09. The molecule has 1 rings (SSSR count). The van der Waals surface area contributed by atoms with Crippen molar-refractivity contribution in [1.82, 2.24) is 5.32 Å². The minimum Gasteiger partial charge on any atom is -0.351 e. The zero-order valence-corrected chi connectivity index (χ0v) is 10.1. The molecule has 0 spiro atoms. The largest absolute Gasteiger partial charge is 0.351 e. The maximum Gasteiger partial charge on any atom is 0.315 e. The Balaban J connectivity index is 2.53. The van der Waals surface area contributed by atoms with Crippen molar-refractivity contribution in [3.8, 4) is 0 Å². The highest BCUT2D eigenvalue weighted by molar-refractivity contribution is 7.89.